The molecule has 0 bridgehead atoms. The first-order valence-corrected chi connectivity index (χ1v) is 28.0. The highest BCUT2D eigenvalue weighted by Gasteiger charge is 2.42. The van der Waals surface area contributed by atoms with Gasteiger partial charge >= 0.3 is 0 Å². The summed E-state index contributed by atoms with van der Waals surface area (Å²) in [4.78, 5) is 117. The Kier molecular flexibility index (Phi) is 20.8. The number of carbonyl (C=O) groups excluding carboxylic acids is 8. The Bertz CT molecular complexity index is 3170. The number of phenolic OH excluding ortho intramolecular Hbond substituents is 2. The predicted octanol–water partition coefficient (Wildman–Crippen LogP) is 3.07. The SMILES string of the molecule is NC(=O)[C@H](Cc1ccccc1)NC(=O)[C@H](Cc1ccccc1)NC(=O)[C@@H]1CCCN1C(=O)[C@H](Cc1ccc(O)cc1)NC(=O)[C@H](Cc1ccccc1)NC(=O)[C@H](Cc1ccccc1)NC(=O)[C@@H]1CCCN1C(=O)[C@@H](N)Cc1ccc(O)cc1. The molecule has 19 nitrogen and oxygen atoms in total. The minimum absolute atomic E-state index is 0.00672. The maximum Gasteiger partial charge on any atom is 0.246 e. The summed E-state index contributed by atoms with van der Waals surface area (Å²) >= 11 is 0. The molecule has 0 radical (unpaired) electrons. The summed E-state index contributed by atoms with van der Waals surface area (Å²) in [5, 5.41) is 34.2. The van der Waals surface area contributed by atoms with Crippen molar-refractivity contribution in [2.45, 2.75) is 113 Å². The average Bonchev–Trinajstić information content (AvgIpc) is 4.36. The molecule has 0 aromatic heterocycles. The number of carbonyl (C=O) groups is 8. The minimum atomic E-state index is -1.33. The zero-order chi connectivity index (χ0) is 58.8. The number of primary amides is 1. The molecular formula is C64H71N9O10. The van der Waals surface area contributed by atoms with Gasteiger partial charge in [0.25, 0.3) is 0 Å². The lowest BCUT2D eigenvalue weighted by atomic mass is 10.00. The van der Waals surface area contributed by atoms with E-state index in [0.29, 0.717) is 41.5 Å². The maximum absolute atomic E-state index is 15.1. The van der Waals surface area contributed by atoms with E-state index in [9.17, 15) is 39.0 Å². The van der Waals surface area contributed by atoms with Gasteiger partial charge in [0.1, 0.15) is 53.8 Å². The van der Waals surface area contributed by atoms with Gasteiger partial charge in [0.05, 0.1) is 6.04 Å². The van der Waals surface area contributed by atoms with Crippen LogP contribution in [0, 0.1) is 0 Å². The second kappa shape index (κ2) is 28.9. The normalized spacial score (nSPS) is 16.9. The number of aromatic hydroxyl groups is 2. The van der Waals surface area contributed by atoms with Crippen molar-refractivity contribution in [3.8, 4) is 11.5 Å². The van der Waals surface area contributed by atoms with E-state index in [2.05, 4.69) is 26.6 Å². The third-order valence-electron chi connectivity index (χ3n) is 15.1. The molecule has 2 aliphatic rings. The Labute approximate surface area is 482 Å². The first-order valence-electron chi connectivity index (χ1n) is 28.0. The number of nitrogens with two attached hydrogens (primary N) is 2. The molecular weight excluding hydrogens is 1050 g/mol. The van der Waals surface area contributed by atoms with E-state index in [-0.39, 0.29) is 69.5 Å². The molecule has 8 rings (SSSR count). The van der Waals surface area contributed by atoms with E-state index >= 15 is 9.59 Å². The van der Waals surface area contributed by atoms with Gasteiger partial charge in [0, 0.05) is 45.2 Å². The lowest BCUT2D eigenvalue weighted by Gasteiger charge is -2.31. The number of hydrogen-bond donors (Lipinski definition) is 9. The fraction of sp³-hybridized carbons (Fsp3) is 0.312. The Hall–Kier alpha value is -9.36. The fourth-order valence-electron chi connectivity index (χ4n) is 10.7. The Morgan fingerprint density at radius 2 is 0.699 bits per heavy atom. The van der Waals surface area contributed by atoms with Gasteiger partial charge in [-0.2, -0.15) is 0 Å². The maximum atomic E-state index is 15.1. The molecule has 6 aromatic rings. The van der Waals surface area contributed by atoms with Crippen LogP contribution in [0.4, 0.5) is 0 Å². The van der Waals surface area contributed by atoms with Crippen LogP contribution in [-0.2, 0) is 76.9 Å². The number of nitrogens with one attached hydrogen (secondary N) is 5. The van der Waals surface area contributed by atoms with Gasteiger partial charge in [0.2, 0.25) is 47.3 Å². The van der Waals surface area contributed by atoms with E-state index in [0.717, 1.165) is 11.1 Å². The molecule has 0 unspecified atom stereocenters. The predicted molar refractivity (Wildman–Crippen MR) is 310 cm³/mol. The highest BCUT2D eigenvalue weighted by Crippen LogP contribution is 2.24. The van der Waals surface area contributed by atoms with Gasteiger partial charge in [-0.25, -0.2) is 0 Å². The summed E-state index contributed by atoms with van der Waals surface area (Å²) in [6, 6.07) is 39.1. The molecule has 0 spiro atoms. The first-order chi connectivity index (χ1) is 40.1. The number of rotatable bonds is 25. The Morgan fingerprint density at radius 1 is 0.398 bits per heavy atom. The fourth-order valence-corrected chi connectivity index (χ4v) is 10.7. The summed E-state index contributed by atoms with van der Waals surface area (Å²) in [5.74, 6) is -5.14. The number of amides is 8. The van der Waals surface area contributed by atoms with Crippen molar-refractivity contribution in [1.29, 1.82) is 0 Å². The van der Waals surface area contributed by atoms with Crippen LogP contribution in [0.1, 0.15) is 59.1 Å². The van der Waals surface area contributed by atoms with Crippen LogP contribution in [0.15, 0.2) is 170 Å². The molecule has 432 valence electrons. The van der Waals surface area contributed by atoms with Crippen LogP contribution in [0.25, 0.3) is 0 Å². The molecule has 0 aliphatic carbocycles. The Morgan fingerprint density at radius 3 is 1.08 bits per heavy atom. The molecule has 0 saturated carbocycles. The molecule has 2 heterocycles. The number of phenols is 2. The summed E-state index contributed by atoms with van der Waals surface area (Å²) < 4.78 is 0. The number of benzene rings is 6. The zero-order valence-electron chi connectivity index (χ0n) is 46.0. The third-order valence-corrected chi connectivity index (χ3v) is 15.1. The molecule has 83 heavy (non-hydrogen) atoms. The van der Waals surface area contributed by atoms with Gasteiger partial charge < -0.3 is 58.1 Å². The lowest BCUT2D eigenvalue weighted by molar-refractivity contribution is -0.142. The monoisotopic (exact) mass is 1130 g/mol. The van der Waals surface area contributed by atoms with Gasteiger partial charge in [-0.1, -0.05) is 146 Å². The zero-order valence-corrected chi connectivity index (χ0v) is 46.0. The highest BCUT2D eigenvalue weighted by molar-refractivity contribution is 5.98. The lowest BCUT2D eigenvalue weighted by Crippen LogP contribution is -2.61. The molecule has 11 N–H and O–H groups in total. The first kappa shape index (κ1) is 59.8. The molecule has 2 aliphatic heterocycles. The molecule has 2 saturated heterocycles. The van der Waals surface area contributed by atoms with Gasteiger partial charge in [-0.15, -0.1) is 0 Å². The van der Waals surface area contributed by atoms with Crippen molar-refractivity contribution >= 4 is 47.3 Å². The van der Waals surface area contributed by atoms with E-state index in [4.69, 9.17) is 11.5 Å². The minimum Gasteiger partial charge on any atom is -0.508 e. The average molecular weight is 1130 g/mol. The molecule has 8 atom stereocenters. The summed E-state index contributed by atoms with van der Waals surface area (Å²) in [7, 11) is 0. The second-order valence-electron chi connectivity index (χ2n) is 21.2. The molecule has 2 fully saturated rings. The van der Waals surface area contributed by atoms with Crippen molar-refractivity contribution in [3.05, 3.63) is 203 Å². The van der Waals surface area contributed by atoms with Crippen molar-refractivity contribution < 1.29 is 48.6 Å². The molecule has 8 amide bonds. The van der Waals surface area contributed by atoms with E-state index < -0.39 is 95.6 Å². The summed E-state index contributed by atoms with van der Waals surface area (Å²) in [6.07, 6.45) is 1.62. The van der Waals surface area contributed by atoms with Crippen LogP contribution < -0.4 is 38.1 Å². The van der Waals surface area contributed by atoms with Crippen LogP contribution >= 0.6 is 0 Å². The standard InChI is InChI=1S/C64H71N9O10/c65-49(35-45-25-29-47(74)30-26-45)63(82)72-33-13-23-55(72)61(80)70-53(39-44-21-11-4-12-22-44)59(78)68-51(37-42-17-7-2-8-18-42)60(79)71-54(40-46-27-31-48(75)32-28-46)64(83)73-34-14-24-56(73)62(81)69-52(38-43-19-9-3-10-20-43)58(77)67-50(57(66)76)36-41-15-5-1-6-16-41/h1-12,15-22,25-32,49-56,74-75H,13-14,23-24,33-40,65H2,(H2,66,76)(H,67,77)(H,68,78)(H,69,81)(H,70,80)(H,71,79)/t49-,50-,51-,52-,53-,54-,55-,56-/m0/s1. The largest absolute Gasteiger partial charge is 0.508 e. The topological polar surface area (TPSA) is 296 Å². The quantitative estimate of drug-likeness (QED) is 0.0402. The second-order valence-corrected chi connectivity index (χ2v) is 21.2. The van der Waals surface area contributed by atoms with Crippen molar-refractivity contribution in [2.24, 2.45) is 11.5 Å². The van der Waals surface area contributed by atoms with Gasteiger partial charge in [-0.05, 0) is 89.8 Å². The van der Waals surface area contributed by atoms with Crippen LogP contribution in [0.5, 0.6) is 11.5 Å². The van der Waals surface area contributed by atoms with Crippen LogP contribution in [-0.4, -0.2) is 129 Å². The van der Waals surface area contributed by atoms with Crippen molar-refractivity contribution in [3.63, 3.8) is 0 Å². The van der Waals surface area contributed by atoms with Gasteiger partial charge in [0.15, 0.2) is 0 Å². The summed E-state index contributed by atoms with van der Waals surface area (Å²) in [6.45, 7) is 0.386. The van der Waals surface area contributed by atoms with E-state index in [1.54, 1.807) is 127 Å². The number of hydrogen-bond acceptors (Lipinski definition) is 11. The third kappa shape index (κ3) is 16.9. The van der Waals surface area contributed by atoms with Crippen molar-refractivity contribution in [1.82, 2.24) is 36.4 Å². The summed E-state index contributed by atoms with van der Waals surface area (Å²) in [5.41, 5.74) is 16.3. The number of nitrogens with zero attached hydrogens (tertiary/aromatic N) is 2. The van der Waals surface area contributed by atoms with E-state index in [1.807, 2.05) is 18.2 Å². The molecule has 19 heteroatoms. The van der Waals surface area contributed by atoms with Crippen molar-refractivity contribution in [2.75, 3.05) is 13.1 Å². The van der Waals surface area contributed by atoms with E-state index in [1.165, 1.54) is 34.1 Å². The highest BCUT2D eigenvalue weighted by atomic mass is 16.3. The number of likely N-dealkylation sites (tertiary alicyclic amines) is 2. The van der Waals surface area contributed by atoms with Crippen LogP contribution in [0.2, 0.25) is 0 Å². The van der Waals surface area contributed by atoms with Crippen LogP contribution in [0.3, 0.4) is 0 Å². The smallest absolute Gasteiger partial charge is 0.246 e. The Balaban J connectivity index is 1.02. The van der Waals surface area contributed by atoms with Gasteiger partial charge in [-0.3, -0.25) is 38.4 Å². The molecule has 6 aromatic carbocycles.